The quantitative estimate of drug-likeness (QED) is 0.874. The van der Waals surface area contributed by atoms with Crippen molar-refractivity contribution in [3.8, 4) is 0 Å². The van der Waals surface area contributed by atoms with Gasteiger partial charge in [-0.2, -0.15) is 13.2 Å². The van der Waals surface area contributed by atoms with E-state index in [1.165, 1.54) is 12.1 Å². The van der Waals surface area contributed by atoms with Crippen LogP contribution in [0.5, 0.6) is 0 Å². The normalized spacial score (nSPS) is 13.5. The summed E-state index contributed by atoms with van der Waals surface area (Å²) in [6.45, 7) is 1.77. The Morgan fingerprint density at radius 1 is 1.41 bits per heavy atom. The highest BCUT2D eigenvalue weighted by Crippen LogP contribution is 2.38. The fourth-order valence-electron chi connectivity index (χ4n) is 1.30. The summed E-state index contributed by atoms with van der Waals surface area (Å²) in [5.74, 6) is 0. The number of benzene rings is 1. The minimum absolute atomic E-state index is 0.0110. The number of aliphatic hydroxyl groups excluding tert-OH is 1. The Bertz CT molecular complexity index is 381. The maximum atomic E-state index is 12.7. The molecular weight excluding hydrogens is 255 g/mol. The number of aliphatic hydroxyl groups is 1. The molecule has 96 valence electrons. The van der Waals surface area contributed by atoms with Gasteiger partial charge >= 0.3 is 6.18 Å². The number of alkyl halides is 3. The van der Waals surface area contributed by atoms with Gasteiger partial charge in [0.1, 0.15) is 0 Å². The summed E-state index contributed by atoms with van der Waals surface area (Å²) in [5.41, 5.74) is -1.01. The first-order valence-electron chi connectivity index (χ1n) is 5.14. The maximum absolute atomic E-state index is 12.7. The standard InChI is InChI=1S/C11H13ClF3NO/c1-2-7(17)6-16-10-8(11(13,14)15)4-3-5-9(10)12/h3-5,7,16-17H,2,6H2,1H3. The average molecular weight is 268 g/mol. The van der Waals surface area contributed by atoms with Gasteiger partial charge in [0, 0.05) is 6.54 Å². The molecule has 0 aliphatic rings. The summed E-state index contributed by atoms with van der Waals surface area (Å²) in [6, 6.07) is 3.57. The number of rotatable bonds is 4. The molecule has 1 aromatic rings. The first-order chi connectivity index (χ1) is 7.86. The molecule has 1 unspecified atom stereocenters. The summed E-state index contributed by atoms with van der Waals surface area (Å²) >= 11 is 5.72. The van der Waals surface area contributed by atoms with Crippen LogP contribution < -0.4 is 5.32 Å². The molecule has 0 amide bonds. The zero-order valence-corrected chi connectivity index (χ0v) is 9.94. The molecule has 17 heavy (non-hydrogen) atoms. The van der Waals surface area contributed by atoms with Crippen LogP contribution in [0.1, 0.15) is 18.9 Å². The molecule has 0 fully saturated rings. The highest BCUT2D eigenvalue weighted by atomic mass is 35.5. The maximum Gasteiger partial charge on any atom is 0.418 e. The van der Waals surface area contributed by atoms with Crippen LogP contribution in [0.4, 0.5) is 18.9 Å². The van der Waals surface area contributed by atoms with Crippen molar-refractivity contribution in [3.63, 3.8) is 0 Å². The Morgan fingerprint density at radius 3 is 2.59 bits per heavy atom. The molecule has 1 aromatic carbocycles. The number of para-hydroxylation sites is 1. The van der Waals surface area contributed by atoms with Crippen LogP contribution in [-0.2, 0) is 6.18 Å². The molecule has 0 radical (unpaired) electrons. The lowest BCUT2D eigenvalue weighted by molar-refractivity contribution is -0.137. The van der Waals surface area contributed by atoms with Crippen LogP contribution in [0, 0.1) is 0 Å². The molecule has 6 heteroatoms. The molecule has 0 bridgehead atoms. The number of hydrogen-bond donors (Lipinski definition) is 2. The second-order valence-corrected chi connectivity index (χ2v) is 4.01. The van der Waals surface area contributed by atoms with E-state index in [9.17, 15) is 18.3 Å². The third-order valence-corrected chi connectivity index (χ3v) is 2.62. The van der Waals surface area contributed by atoms with Crippen LogP contribution >= 0.6 is 11.6 Å². The minimum Gasteiger partial charge on any atom is -0.391 e. The number of halogens is 4. The molecule has 0 aromatic heterocycles. The molecule has 1 atom stereocenters. The Kier molecular flexibility index (Phi) is 4.65. The molecule has 1 rings (SSSR count). The van der Waals surface area contributed by atoms with E-state index in [0.29, 0.717) is 6.42 Å². The summed E-state index contributed by atoms with van der Waals surface area (Å²) in [7, 11) is 0. The van der Waals surface area contributed by atoms with Gasteiger partial charge in [0.2, 0.25) is 0 Å². The van der Waals surface area contributed by atoms with Crippen molar-refractivity contribution in [2.75, 3.05) is 11.9 Å². The summed E-state index contributed by atoms with van der Waals surface area (Å²) < 4.78 is 38.0. The van der Waals surface area contributed by atoms with E-state index in [1.807, 2.05) is 0 Å². The predicted octanol–water partition coefficient (Wildman–Crippen LogP) is 3.54. The van der Waals surface area contributed by atoms with Crippen LogP contribution in [0.3, 0.4) is 0 Å². The zero-order chi connectivity index (χ0) is 13.1. The second-order valence-electron chi connectivity index (χ2n) is 3.60. The van der Waals surface area contributed by atoms with E-state index in [2.05, 4.69) is 5.32 Å². The monoisotopic (exact) mass is 267 g/mol. The number of anilines is 1. The number of hydrogen-bond acceptors (Lipinski definition) is 2. The molecule has 0 spiro atoms. The third-order valence-electron chi connectivity index (χ3n) is 2.30. The van der Waals surface area contributed by atoms with Crippen LogP contribution in [0.15, 0.2) is 18.2 Å². The fraction of sp³-hybridized carbons (Fsp3) is 0.455. The summed E-state index contributed by atoms with van der Waals surface area (Å²) in [5, 5.41) is 11.8. The molecule has 0 saturated heterocycles. The molecule has 0 aliphatic carbocycles. The Balaban J connectivity index is 2.96. The van der Waals surface area contributed by atoms with E-state index < -0.39 is 17.8 Å². The Hall–Kier alpha value is -0.940. The van der Waals surface area contributed by atoms with Gasteiger partial charge in [-0.05, 0) is 18.6 Å². The van der Waals surface area contributed by atoms with Gasteiger partial charge in [0.05, 0.1) is 22.4 Å². The van der Waals surface area contributed by atoms with E-state index >= 15 is 0 Å². The largest absolute Gasteiger partial charge is 0.418 e. The SMILES string of the molecule is CCC(O)CNc1c(Cl)cccc1C(F)(F)F. The van der Waals surface area contributed by atoms with Crippen LogP contribution in [-0.4, -0.2) is 17.8 Å². The van der Waals surface area contributed by atoms with Crippen molar-refractivity contribution in [2.45, 2.75) is 25.6 Å². The molecule has 2 nitrogen and oxygen atoms in total. The summed E-state index contributed by atoms with van der Waals surface area (Å²) in [4.78, 5) is 0. The van der Waals surface area contributed by atoms with Gasteiger partial charge in [-0.1, -0.05) is 24.6 Å². The van der Waals surface area contributed by atoms with Crippen molar-refractivity contribution >= 4 is 17.3 Å². The van der Waals surface area contributed by atoms with Gasteiger partial charge in [0.15, 0.2) is 0 Å². The highest BCUT2D eigenvalue weighted by molar-refractivity contribution is 6.33. The van der Waals surface area contributed by atoms with E-state index in [0.717, 1.165) is 6.07 Å². The van der Waals surface area contributed by atoms with Crippen molar-refractivity contribution in [1.82, 2.24) is 0 Å². The Labute approximate surface area is 102 Å². The van der Waals surface area contributed by atoms with E-state index in [4.69, 9.17) is 11.6 Å². The molecule has 0 heterocycles. The van der Waals surface area contributed by atoms with Gasteiger partial charge in [-0.3, -0.25) is 0 Å². The smallest absolute Gasteiger partial charge is 0.391 e. The van der Waals surface area contributed by atoms with Gasteiger partial charge in [-0.15, -0.1) is 0 Å². The van der Waals surface area contributed by atoms with Crippen LogP contribution in [0.25, 0.3) is 0 Å². The predicted molar refractivity (Wildman–Crippen MR) is 61.2 cm³/mol. The molecule has 0 saturated carbocycles. The summed E-state index contributed by atoms with van der Waals surface area (Å²) in [6.07, 6.45) is -4.71. The lowest BCUT2D eigenvalue weighted by Gasteiger charge is -2.17. The van der Waals surface area contributed by atoms with Crippen molar-refractivity contribution in [3.05, 3.63) is 28.8 Å². The van der Waals surface area contributed by atoms with E-state index in [-0.39, 0.29) is 17.3 Å². The second kappa shape index (κ2) is 5.60. The van der Waals surface area contributed by atoms with Gasteiger partial charge < -0.3 is 10.4 Å². The topological polar surface area (TPSA) is 32.3 Å². The van der Waals surface area contributed by atoms with Gasteiger partial charge in [-0.25, -0.2) is 0 Å². The molecule has 2 N–H and O–H groups in total. The first kappa shape index (κ1) is 14.1. The third kappa shape index (κ3) is 3.78. The Morgan fingerprint density at radius 2 is 2.06 bits per heavy atom. The zero-order valence-electron chi connectivity index (χ0n) is 9.18. The number of nitrogens with one attached hydrogen (secondary N) is 1. The molecular formula is C11H13ClF3NO. The lowest BCUT2D eigenvalue weighted by Crippen LogP contribution is -2.20. The highest BCUT2D eigenvalue weighted by Gasteiger charge is 2.34. The van der Waals surface area contributed by atoms with Crippen molar-refractivity contribution in [2.24, 2.45) is 0 Å². The molecule has 0 aliphatic heterocycles. The fourth-order valence-corrected chi connectivity index (χ4v) is 1.55. The van der Waals surface area contributed by atoms with Crippen LogP contribution in [0.2, 0.25) is 5.02 Å². The van der Waals surface area contributed by atoms with Crippen molar-refractivity contribution < 1.29 is 18.3 Å². The van der Waals surface area contributed by atoms with Gasteiger partial charge in [0.25, 0.3) is 0 Å². The van der Waals surface area contributed by atoms with E-state index in [1.54, 1.807) is 6.92 Å². The minimum atomic E-state index is -4.47. The first-order valence-corrected chi connectivity index (χ1v) is 5.51. The average Bonchev–Trinajstić information content (AvgIpc) is 2.25. The van der Waals surface area contributed by atoms with Crippen molar-refractivity contribution in [1.29, 1.82) is 0 Å². The lowest BCUT2D eigenvalue weighted by atomic mass is 10.1.